The van der Waals surface area contributed by atoms with Gasteiger partial charge in [0.25, 0.3) is 12.9 Å². The molecule has 2 aliphatic rings. The minimum Gasteiger partial charge on any atom is -0.483 e. The summed E-state index contributed by atoms with van der Waals surface area (Å²) in [5, 5.41) is 16.9. The summed E-state index contributed by atoms with van der Waals surface area (Å²) in [5.41, 5.74) is 1.02. The largest absolute Gasteiger partial charge is 0.483 e. The smallest absolute Gasteiger partial charge is 0.317 e. The Balaban J connectivity index is 0.000000720. The van der Waals surface area contributed by atoms with E-state index in [1.165, 1.54) is 51.5 Å². The molecule has 1 aliphatic carbocycles. The Hall–Kier alpha value is -2.62. The third kappa shape index (κ3) is 10.3. The van der Waals surface area contributed by atoms with Crippen molar-refractivity contribution in [3.05, 3.63) is 17.7 Å². The summed E-state index contributed by atoms with van der Waals surface area (Å²) in [7, 11) is 1.82. The average molecular weight is 440 g/mol. The van der Waals surface area contributed by atoms with Crippen LogP contribution < -0.4 is 5.32 Å². The van der Waals surface area contributed by atoms with Crippen LogP contribution in [0.2, 0.25) is 0 Å². The van der Waals surface area contributed by atoms with Crippen LogP contribution in [0, 0.1) is 12.8 Å². The maximum Gasteiger partial charge on any atom is 0.317 e. The number of likely N-dealkylation sites (tertiary alicyclic amines) is 1. The van der Waals surface area contributed by atoms with E-state index in [1.807, 2.05) is 14.0 Å². The molecule has 10 heteroatoms. The molecule has 4 N–H and O–H groups in total. The average Bonchev–Trinajstić information content (AvgIpc) is 3.18. The summed E-state index contributed by atoms with van der Waals surface area (Å²) in [5.74, 6) is 1.41. The number of H-pyrrole nitrogens is 1. The predicted molar refractivity (Wildman–Crippen MR) is 117 cm³/mol. The number of aromatic nitrogens is 2. The molecule has 3 rings (SSSR count). The van der Waals surface area contributed by atoms with Gasteiger partial charge in [0.1, 0.15) is 5.82 Å². The highest BCUT2D eigenvalue weighted by molar-refractivity contribution is 5.73. The first-order valence-corrected chi connectivity index (χ1v) is 10.8. The molecule has 0 bridgehead atoms. The van der Waals surface area contributed by atoms with Crippen LogP contribution in [0.25, 0.3) is 0 Å². The van der Waals surface area contributed by atoms with Crippen molar-refractivity contribution >= 4 is 19.0 Å². The van der Waals surface area contributed by atoms with E-state index in [9.17, 15) is 4.79 Å². The summed E-state index contributed by atoms with van der Waals surface area (Å²) >= 11 is 0. The number of aryl methyl sites for hydroxylation is 1. The Kier molecular flexibility index (Phi) is 13.0. The minimum absolute atomic E-state index is 0.0103. The van der Waals surface area contributed by atoms with Gasteiger partial charge in [-0.25, -0.2) is 9.78 Å². The fourth-order valence-corrected chi connectivity index (χ4v) is 4.25. The summed E-state index contributed by atoms with van der Waals surface area (Å²) in [4.78, 5) is 40.9. The molecule has 0 aromatic carbocycles. The second-order valence-electron chi connectivity index (χ2n) is 8.06. The fraction of sp³-hybridized carbons (Fsp3) is 0.714. The first kappa shape index (κ1) is 26.4. The maximum atomic E-state index is 12.3. The predicted octanol–water partition coefficient (Wildman–Crippen LogP) is 2.31. The van der Waals surface area contributed by atoms with E-state index in [0.29, 0.717) is 12.5 Å². The molecule has 1 unspecified atom stereocenters. The molecule has 176 valence electrons. The standard InChI is InChI=1S/C19H33N5O.2CH2O2/c1-15-11-20-18(22-15)14-23(2)19(25)21-12-16-7-6-10-24(13-16)17-8-4-3-5-9-17;2*2-1-3/h11,16-17H,3-10,12-14H2,1-2H3,(H,20,22)(H,21,25);2*1H,(H,2,3). The number of carbonyl (C=O) groups excluding carboxylic acids is 1. The third-order valence-corrected chi connectivity index (χ3v) is 5.67. The van der Waals surface area contributed by atoms with Gasteiger partial charge in [-0.1, -0.05) is 19.3 Å². The lowest BCUT2D eigenvalue weighted by Gasteiger charge is -2.40. The van der Waals surface area contributed by atoms with E-state index in [0.717, 1.165) is 30.6 Å². The number of urea groups is 1. The number of carbonyl (C=O) groups is 3. The van der Waals surface area contributed by atoms with Gasteiger partial charge in [0.2, 0.25) is 0 Å². The number of nitrogens with one attached hydrogen (secondary N) is 2. The van der Waals surface area contributed by atoms with Gasteiger partial charge in [0, 0.05) is 38.1 Å². The zero-order valence-electron chi connectivity index (χ0n) is 18.6. The van der Waals surface area contributed by atoms with Crippen LogP contribution >= 0.6 is 0 Å². The fourth-order valence-electron chi connectivity index (χ4n) is 4.25. The quantitative estimate of drug-likeness (QED) is 0.516. The summed E-state index contributed by atoms with van der Waals surface area (Å²) < 4.78 is 0. The van der Waals surface area contributed by atoms with Gasteiger partial charge in [0.15, 0.2) is 0 Å². The number of aromatic amines is 1. The van der Waals surface area contributed by atoms with Crippen LogP contribution in [0.15, 0.2) is 6.20 Å². The van der Waals surface area contributed by atoms with Crippen LogP contribution in [0.1, 0.15) is 56.5 Å². The maximum absolute atomic E-state index is 12.3. The van der Waals surface area contributed by atoms with E-state index in [4.69, 9.17) is 19.8 Å². The number of nitrogens with zero attached hydrogens (tertiary/aromatic N) is 3. The Bertz CT molecular complexity index is 642. The number of rotatable bonds is 5. The van der Waals surface area contributed by atoms with Gasteiger partial charge in [-0.3, -0.25) is 9.59 Å². The first-order chi connectivity index (χ1) is 14.9. The molecule has 1 aromatic rings. The molecule has 10 nitrogen and oxygen atoms in total. The number of piperidine rings is 1. The zero-order valence-corrected chi connectivity index (χ0v) is 18.6. The molecular formula is C21H37N5O5. The second kappa shape index (κ2) is 15.2. The second-order valence-corrected chi connectivity index (χ2v) is 8.06. The molecule has 2 heterocycles. The van der Waals surface area contributed by atoms with E-state index < -0.39 is 0 Å². The number of imidazole rings is 1. The van der Waals surface area contributed by atoms with Crippen molar-refractivity contribution in [2.45, 2.75) is 64.5 Å². The van der Waals surface area contributed by atoms with Gasteiger partial charge >= 0.3 is 6.03 Å². The number of carboxylic acid groups (broad SMARTS) is 2. The minimum atomic E-state index is -0.250. The molecule has 31 heavy (non-hydrogen) atoms. The molecule has 2 fully saturated rings. The van der Waals surface area contributed by atoms with Gasteiger partial charge < -0.3 is 30.3 Å². The molecule has 1 aromatic heterocycles. The molecular weight excluding hydrogens is 402 g/mol. The highest BCUT2D eigenvalue weighted by Crippen LogP contribution is 2.26. The molecule has 0 radical (unpaired) electrons. The summed E-state index contributed by atoms with van der Waals surface area (Å²) in [6.07, 6.45) is 11.2. The van der Waals surface area contributed by atoms with Gasteiger partial charge in [-0.15, -0.1) is 0 Å². The van der Waals surface area contributed by atoms with Crippen molar-refractivity contribution in [2.75, 3.05) is 26.7 Å². The van der Waals surface area contributed by atoms with Gasteiger partial charge in [-0.05, 0) is 45.1 Å². The van der Waals surface area contributed by atoms with Crippen LogP contribution in [-0.4, -0.2) is 81.7 Å². The normalized spacial score (nSPS) is 19.1. The van der Waals surface area contributed by atoms with Crippen molar-refractivity contribution in [3.8, 4) is 0 Å². The highest BCUT2D eigenvalue weighted by Gasteiger charge is 2.27. The van der Waals surface area contributed by atoms with Crippen LogP contribution in [-0.2, 0) is 16.1 Å². The summed E-state index contributed by atoms with van der Waals surface area (Å²) in [6, 6.07) is 0.779. The third-order valence-electron chi connectivity index (χ3n) is 5.67. The lowest BCUT2D eigenvalue weighted by molar-refractivity contribution is -0.123. The Labute approximate surface area is 184 Å². The Morgan fingerprint density at radius 1 is 1.23 bits per heavy atom. The van der Waals surface area contributed by atoms with Crippen LogP contribution in [0.3, 0.4) is 0 Å². The zero-order chi connectivity index (χ0) is 23.1. The van der Waals surface area contributed by atoms with Crippen LogP contribution in [0.5, 0.6) is 0 Å². The van der Waals surface area contributed by atoms with E-state index >= 15 is 0 Å². The van der Waals surface area contributed by atoms with Gasteiger partial charge in [-0.2, -0.15) is 0 Å². The Morgan fingerprint density at radius 3 is 2.45 bits per heavy atom. The SMILES string of the molecule is Cc1cnc(CN(C)C(=O)NCC2CCCN(C3CCCCC3)C2)[nH]1.O=CO.O=CO. The van der Waals surface area contributed by atoms with Gasteiger partial charge in [0.05, 0.1) is 6.54 Å². The highest BCUT2D eigenvalue weighted by atomic mass is 16.3. The Morgan fingerprint density at radius 2 is 1.87 bits per heavy atom. The lowest BCUT2D eigenvalue weighted by atomic mass is 9.90. The molecule has 1 atom stereocenters. The van der Waals surface area contributed by atoms with Crippen molar-refractivity contribution in [1.29, 1.82) is 0 Å². The number of hydrogen-bond donors (Lipinski definition) is 4. The lowest BCUT2D eigenvalue weighted by Crippen LogP contribution is -2.47. The van der Waals surface area contributed by atoms with E-state index in [1.54, 1.807) is 11.1 Å². The molecule has 1 saturated carbocycles. The molecule has 0 spiro atoms. The van der Waals surface area contributed by atoms with Crippen molar-refractivity contribution in [3.63, 3.8) is 0 Å². The van der Waals surface area contributed by atoms with Crippen molar-refractivity contribution in [1.82, 2.24) is 25.1 Å². The number of hydrogen-bond acceptors (Lipinski definition) is 5. The molecule has 1 aliphatic heterocycles. The van der Waals surface area contributed by atoms with E-state index in [-0.39, 0.29) is 19.0 Å². The number of amides is 2. The monoisotopic (exact) mass is 439 g/mol. The van der Waals surface area contributed by atoms with Crippen molar-refractivity contribution < 1.29 is 24.6 Å². The van der Waals surface area contributed by atoms with Crippen LogP contribution in [0.4, 0.5) is 4.79 Å². The van der Waals surface area contributed by atoms with Crippen molar-refractivity contribution in [2.24, 2.45) is 5.92 Å². The molecule has 1 saturated heterocycles. The van der Waals surface area contributed by atoms with E-state index in [2.05, 4.69) is 20.2 Å². The topological polar surface area (TPSA) is 139 Å². The molecule has 2 amide bonds. The first-order valence-electron chi connectivity index (χ1n) is 10.8. The summed E-state index contributed by atoms with van der Waals surface area (Å²) in [6.45, 7) is 5.15.